The molecule has 0 N–H and O–H groups in total. The number of carbonyl (C=O) groups is 2. The van der Waals surface area contributed by atoms with E-state index in [1.54, 1.807) is 13.8 Å². The van der Waals surface area contributed by atoms with Crippen LogP contribution >= 0.6 is 0 Å². The monoisotopic (exact) mass is 374 g/mol. The molecule has 0 aliphatic rings. The Labute approximate surface area is 164 Å². The Bertz CT molecular complexity index is 1020. The summed E-state index contributed by atoms with van der Waals surface area (Å²) in [6.45, 7) is 10.9. The van der Waals surface area contributed by atoms with Gasteiger partial charge in [-0.3, -0.25) is 0 Å². The van der Waals surface area contributed by atoms with Gasteiger partial charge in [0.1, 0.15) is 13.2 Å². The Kier molecular flexibility index (Phi) is 5.59. The Morgan fingerprint density at radius 3 is 1.46 bits per heavy atom. The average molecular weight is 374 g/mol. The summed E-state index contributed by atoms with van der Waals surface area (Å²) in [5.41, 5.74) is 2.61. The van der Waals surface area contributed by atoms with Gasteiger partial charge in [-0.25, -0.2) is 9.59 Å². The van der Waals surface area contributed by atoms with Gasteiger partial charge in [-0.2, -0.15) is 0 Å². The maximum Gasteiger partial charge on any atom is 0.333 e. The van der Waals surface area contributed by atoms with Gasteiger partial charge in [0.25, 0.3) is 0 Å². The molecule has 0 bridgehead atoms. The van der Waals surface area contributed by atoms with Gasteiger partial charge < -0.3 is 9.47 Å². The Hall–Kier alpha value is -3.40. The highest BCUT2D eigenvalue weighted by Gasteiger charge is 2.08. The zero-order valence-corrected chi connectivity index (χ0v) is 16.1. The van der Waals surface area contributed by atoms with E-state index in [4.69, 9.17) is 9.47 Å². The van der Waals surface area contributed by atoms with Crippen LogP contribution in [0.2, 0.25) is 0 Å². The molecule has 0 aromatic heterocycles. The molecule has 0 radical (unpaired) electrons. The molecule has 0 aliphatic carbocycles. The van der Waals surface area contributed by atoms with E-state index < -0.39 is 11.9 Å². The fraction of sp³-hybridized carbons (Fsp3) is 0.167. The number of ether oxygens (including phenoxy) is 2. The minimum absolute atomic E-state index is 0.215. The third kappa shape index (κ3) is 4.29. The highest BCUT2D eigenvalue weighted by atomic mass is 16.5. The minimum atomic E-state index is -0.390. The molecule has 28 heavy (non-hydrogen) atoms. The second-order valence-corrected chi connectivity index (χ2v) is 6.89. The van der Waals surface area contributed by atoms with Crippen molar-refractivity contribution < 1.29 is 19.1 Å². The van der Waals surface area contributed by atoms with E-state index in [0.29, 0.717) is 11.1 Å². The van der Waals surface area contributed by atoms with Crippen molar-refractivity contribution in [3.8, 4) is 0 Å². The van der Waals surface area contributed by atoms with Crippen LogP contribution < -0.4 is 0 Å². The molecule has 0 fully saturated rings. The maximum atomic E-state index is 11.6. The number of hydrogen-bond donors (Lipinski definition) is 0. The summed E-state index contributed by atoms with van der Waals surface area (Å²) in [5, 5.41) is 4.35. The van der Waals surface area contributed by atoms with Crippen molar-refractivity contribution in [2.75, 3.05) is 0 Å². The zero-order valence-electron chi connectivity index (χ0n) is 16.1. The number of carbonyl (C=O) groups excluding carboxylic acids is 2. The number of esters is 2. The summed E-state index contributed by atoms with van der Waals surface area (Å²) in [4.78, 5) is 23.1. The van der Waals surface area contributed by atoms with Crippen LogP contribution in [-0.2, 0) is 32.3 Å². The summed E-state index contributed by atoms with van der Waals surface area (Å²) in [6.07, 6.45) is 0. The van der Waals surface area contributed by atoms with E-state index in [1.807, 2.05) is 48.5 Å². The first-order chi connectivity index (χ1) is 13.3. The number of benzene rings is 3. The molecule has 4 heteroatoms. The SMILES string of the molecule is C=C(C)C(=O)OCc1ccc2c(ccc3cc(COC(=O)C(=C)C)ccc32)c1. The van der Waals surface area contributed by atoms with Crippen LogP contribution in [0.15, 0.2) is 72.8 Å². The average Bonchev–Trinajstić information content (AvgIpc) is 2.69. The van der Waals surface area contributed by atoms with Crippen LogP contribution in [-0.4, -0.2) is 11.9 Å². The van der Waals surface area contributed by atoms with Crippen molar-refractivity contribution in [2.24, 2.45) is 0 Å². The van der Waals surface area contributed by atoms with E-state index in [2.05, 4.69) is 13.2 Å². The lowest BCUT2D eigenvalue weighted by Gasteiger charge is -2.10. The van der Waals surface area contributed by atoms with Crippen LogP contribution in [0.5, 0.6) is 0 Å². The third-order valence-corrected chi connectivity index (χ3v) is 4.40. The summed E-state index contributed by atoms with van der Waals surface area (Å²) in [6, 6.07) is 16.1. The van der Waals surface area contributed by atoms with Gasteiger partial charge in [0, 0.05) is 11.1 Å². The Morgan fingerprint density at radius 2 is 1.11 bits per heavy atom. The number of hydrogen-bond acceptors (Lipinski definition) is 4. The molecule has 0 atom stereocenters. The molecule has 0 unspecified atom stereocenters. The van der Waals surface area contributed by atoms with E-state index in [-0.39, 0.29) is 13.2 Å². The molecule has 0 saturated heterocycles. The van der Waals surface area contributed by atoms with Gasteiger partial charge in [0.15, 0.2) is 0 Å². The molecule has 142 valence electrons. The van der Waals surface area contributed by atoms with Crippen molar-refractivity contribution in [3.05, 3.63) is 84.0 Å². The molecule has 0 aliphatic heterocycles. The Balaban J connectivity index is 1.83. The largest absolute Gasteiger partial charge is 0.457 e. The van der Waals surface area contributed by atoms with Crippen molar-refractivity contribution in [1.82, 2.24) is 0 Å². The normalized spacial score (nSPS) is 10.6. The lowest BCUT2D eigenvalue weighted by atomic mass is 9.99. The fourth-order valence-electron chi connectivity index (χ4n) is 2.89. The molecule has 3 aromatic rings. The van der Waals surface area contributed by atoms with E-state index in [0.717, 1.165) is 32.7 Å². The zero-order chi connectivity index (χ0) is 20.3. The lowest BCUT2D eigenvalue weighted by Crippen LogP contribution is -2.05. The van der Waals surface area contributed by atoms with Crippen molar-refractivity contribution in [2.45, 2.75) is 27.1 Å². The van der Waals surface area contributed by atoms with Gasteiger partial charge in [0.05, 0.1) is 0 Å². The molecular formula is C24H22O4. The van der Waals surface area contributed by atoms with Gasteiger partial charge >= 0.3 is 11.9 Å². The summed E-state index contributed by atoms with van der Waals surface area (Å²) < 4.78 is 10.4. The maximum absolute atomic E-state index is 11.6. The molecule has 0 saturated carbocycles. The highest BCUT2D eigenvalue weighted by molar-refractivity contribution is 6.07. The Morgan fingerprint density at radius 1 is 0.714 bits per heavy atom. The standard InChI is InChI=1S/C24H22O4/c1-15(2)23(25)27-13-17-5-9-21-19(11-17)7-8-20-12-18(6-10-22(20)21)14-28-24(26)16(3)4/h5-12H,1,3,13-14H2,2,4H3. The van der Waals surface area contributed by atoms with Gasteiger partial charge in [0.2, 0.25) is 0 Å². The van der Waals surface area contributed by atoms with E-state index in [1.165, 1.54) is 0 Å². The molecule has 3 aromatic carbocycles. The highest BCUT2D eigenvalue weighted by Crippen LogP contribution is 2.27. The van der Waals surface area contributed by atoms with Crippen molar-refractivity contribution >= 4 is 33.5 Å². The minimum Gasteiger partial charge on any atom is -0.457 e. The number of rotatable bonds is 6. The van der Waals surface area contributed by atoms with E-state index >= 15 is 0 Å². The molecule has 3 rings (SSSR count). The first-order valence-corrected chi connectivity index (χ1v) is 8.94. The predicted octanol–water partition coefficient (Wildman–Crippen LogP) is 5.23. The fourth-order valence-corrected chi connectivity index (χ4v) is 2.89. The third-order valence-electron chi connectivity index (χ3n) is 4.40. The van der Waals surface area contributed by atoms with Gasteiger partial charge in [-0.05, 0) is 58.7 Å². The van der Waals surface area contributed by atoms with Crippen LogP contribution in [0.25, 0.3) is 21.5 Å². The van der Waals surface area contributed by atoms with Crippen LogP contribution in [0.3, 0.4) is 0 Å². The molecule has 4 nitrogen and oxygen atoms in total. The van der Waals surface area contributed by atoms with Crippen LogP contribution in [0.4, 0.5) is 0 Å². The van der Waals surface area contributed by atoms with E-state index in [9.17, 15) is 9.59 Å². The van der Waals surface area contributed by atoms with Gasteiger partial charge in [-0.1, -0.05) is 49.6 Å². The summed E-state index contributed by atoms with van der Waals surface area (Å²) in [5.74, 6) is -0.781. The quantitative estimate of drug-likeness (QED) is 0.337. The van der Waals surface area contributed by atoms with Crippen LogP contribution in [0.1, 0.15) is 25.0 Å². The summed E-state index contributed by atoms with van der Waals surface area (Å²) in [7, 11) is 0. The number of fused-ring (bicyclic) bond motifs is 3. The predicted molar refractivity (Wildman–Crippen MR) is 111 cm³/mol. The van der Waals surface area contributed by atoms with Crippen molar-refractivity contribution in [3.63, 3.8) is 0 Å². The second-order valence-electron chi connectivity index (χ2n) is 6.89. The molecule has 0 heterocycles. The first-order valence-electron chi connectivity index (χ1n) is 8.94. The second kappa shape index (κ2) is 8.09. The van der Waals surface area contributed by atoms with Gasteiger partial charge in [-0.15, -0.1) is 0 Å². The molecule has 0 amide bonds. The smallest absolute Gasteiger partial charge is 0.333 e. The first kappa shape index (κ1) is 19.4. The molecule has 0 spiro atoms. The summed E-state index contributed by atoms with van der Waals surface area (Å²) >= 11 is 0. The molecular weight excluding hydrogens is 352 g/mol. The lowest BCUT2D eigenvalue weighted by molar-refractivity contribution is -0.141. The van der Waals surface area contributed by atoms with Crippen molar-refractivity contribution in [1.29, 1.82) is 0 Å². The van der Waals surface area contributed by atoms with Crippen LogP contribution in [0, 0.1) is 0 Å². The topological polar surface area (TPSA) is 52.6 Å².